The van der Waals surface area contributed by atoms with Crippen molar-refractivity contribution < 1.29 is 14.3 Å². The molecule has 0 fully saturated rings. The van der Waals surface area contributed by atoms with E-state index in [0.29, 0.717) is 0 Å². The third kappa shape index (κ3) is 4.73. The molecule has 2 aromatic rings. The Bertz CT molecular complexity index is 640. The van der Waals surface area contributed by atoms with Crippen molar-refractivity contribution in [2.75, 3.05) is 0 Å². The zero-order chi connectivity index (χ0) is 15.1. The average molecular weight is 280 g/mol. The van der Waals surface area contributed by atoms with Crippen molar-refractivity contribution in [1.82, 2.24) is 0 Å². The van der Waals surface area contributed by atoms with Crippen molar-refractivity contribution in [3.8, 4) is 0 Å². The summed E-state index contributed by atoms with van der Waals surface area (Å²) in [5, 5.41) is 0. The number of carbonyl (C=O) groups is 2. The summed E-state index contributed by atoms with van der Waals surface area (Å²) in [6.45, 7) is 2.09. The lowest BCUT2D eigenvalue weighted by atomic mass is 10.1. The topological polar surface area (TPSA) is 43.4 Å². The Labute approximate surface area is 123 Å². The molecule has 0 amide bonds. The first-order valence-corrected chi connectivity index (χ1v) is 6.65. The van der Waals surface area contributed by atoms with Gasteiger partial charge < -0.3 is 4.74 Å². The van der Waals surface area contributed by atoms with Crippen LogP contribution in [0.15, 0.2) is 60.7 Å². The number of ether oxygens (including phenoxy) is 1. The first-order chi connectivity index (χ1) is 10.1. The van der Waals surface area contributed by atoms with Gasteiger partial charge >= 0.3 is 5.97 Å². The fourth-order valence-electron chi connectivity index (χ4n) is 1.71. The molecule has 0 spiro atoms. The summed E-state index contributed by atoms with van der Waals surface area (Å²) in [6.07, 6.45) is 2.84. The van der Waals surface area contributed by atoms with E-state index in [1.807, 2.05) is 61.5 Å². The maximum Gasteiger partial charge on any atom is 0.379 e. The monoisotopic (exact) mass is 280 g/mol. The minimum atomic E-state index is -0.845. The van der Waals surface area contributed by atoms with Crippen LogP contribution >= 0.6 is 0 Å². The van der Waals surface area contributed by atoms with Crippen LogP contribution in [0.5, 0.6) is 0 Å². The summed E-state index contributed by atoms with van der Waals surface area (Å²) in [4.78, 5) is 23.2. The van der Waals surface area contributed by atoms with Gasteiger partial charge in [0, 0.05) is 0 Å². The minimum Gasteiger partial charge on any atom is -0.455 e. The zero-order valence-corrected chi connectivity index (χ0v) is 11.8. The summed E-state index contributed by atoms with van der Waals surface area (Å²) < 4.78 is 4.96. The largest absolute Gasteiger partial charge is 0.455 e. The van der Waals surface area contributed by atoms with E-state index in [4.69, 9.17) is 4.74 Å². The van der Waals surface area contributed by atoms with Gasteiger partial charge in [-0.2, -0.15) is 0 Å². The molecule has 0 aliphatic heterocycles. The molecular weight excluding hydrogens is 264 g/mol. The lowest BCUT2D eigenvalue weighted by Gasteiger charge is -2.02. The van der Waals surface area contributed by atoms with Crippen molar-refractivity contribution in [3.63, 3.8) is 0 Å². The summed E-state index contributed by atoms with van der Waals surface area (Å²) in [7, 11) is 0. The molecule has 0 radical (unpaired) electrons. The zero-order valence-electron chi connectivity index (χ0n) is 11.8. The minimum absolute atomic E-state index is 0.101. The molecule has 0 saturated carbocycles. The third-order valence-electron chi connectivity index (χ3n) is 2.92. The Morgan fingerprint density at radius 3 is 2.33 bits per heavy atom. The SMILES string of the molecule is Cc1ccc(/C=C/C(=O)C(=O)OCc2ccccc2)cc1. The molecule has 0 unspecified atom stereocenters. The van der Waals surface area contributed by atoms with Crippen LogP contribution in [-0.4, -0.2) is 11.8 Å². The Kier molecular flexibility index (Phi) is 5.04. The second kappa shape index (κ2) is 7.20. The molecule has 0 N–H and O–H groups in total. The maximum atomic E-state index is 11.6. The molecule has 0 aromatic heterocycles. The normalized spacial score (nSPS) is 10.5. The maximum absolute atomic E-state index is 11.6. The molecule has 3 nitrogen and oxygen atoms in total. The van der Waals surface area contributed by atoms with E-state index in [2.05, 4.69) is 0 Å². The number of ketones is 1. The van der Waals surface area contributed by atoms with Gasteiger partial charge in [-0.05, 0) is 24.1 Å². The van der Waals surface area contributed by atoms with E-state index in [-0.39, 0.29) is 6.61 Å². The van der Waals surface area contributed by atoms with Crippen LogP contribution in [0.2, 0.25) is 0 Å². The van der Waals surface area contributed by atoms with Crippen LogP contribution in [0.3, 0.4) is 0 Å². The second-order valence-corrected chi connectivity index (χ2v) is 4.67. The van der Waals surface area contributed by atoms with Crippen LogP contribution in [0, 0.1) is 6.92 Å². The lowest BCUT2D eigenvalue weighted by Crippen LogP contribution is -2.14. The average Bonchev–Trinajstić information content (AvgIpc) is 2.52. The van der Waals surface area contributed by atoms with Crippen LogP contribution in [-0.2, 0) is 20.9 Å². The first-order valence-electron chi connectivity index (χ1n) is 6.65. The highest BCUT2D eigenvalue weighted by molar-refractivity contribution is 6.39. The van der Waals surface area contributed by atoms with E-state index >= 15 is 0 Å². The van der Waals surface area contributed by atoms with Gasteiger partial charge in [-0.15, -0.1) is 0 Å². The molecule has 0 saturated heterocycles. The fraction of sp³-hybridized carbons (Fsp3) is 0.111. The van der Waals surface area contributed by atoms with Gasteiger partial charge in [0.1, 0.15) is 6.61 Å². The highest BCUT2D eigenvalue weighted by Crippen LogP contribution is 2.05. The molecule has 0 bridgehead atoms. The third-order valence-corrected chi connectivity index (χ3v) is 2.92. The first kappa shape index (κ1) is 14.7. The van der Waals surface area contributed by atoms with E-state index in [0.717, 1.165) is 16.7 Å². The van der Waals surface area contributed by atoms with Crippen LogP contribution in [0.4, 0.5) is 0 Å². The molecule has 2 aromatic carbocycles. The molecule has 3 heteroatoms. The van der Waals surface area contributed by atoms with Crippen molar-refractivity contribution in [2.24, 2.45) is 0 Å². The molecule has 0 aliphatic carbocycles. The highest BCUT2D eigenvalue weighted by atomic mass is 16.5. The number of esters is 1. The Balaban J connectivity index is 1.87. The van der Waals surface area contributed by atoms with Crippen molar-refractivity contribution in [2.45, 2.75) is 13.5 Å². The Morgan fingerprint density at radius 2 is 1.67 bits per heavy atom. The quantitative estimate of drug-likeness (QED) is 0.479. The summed E-state index contributed by atoms with van der Waals surface area (Å²) in [5.74, 6) is -1.51. The van der Waals surface area contributed by atoms with Crippen molar-refractivity contribution >= 4 is 17.8 Å². The van der Waals surface area contributed by atoms with Crippen LogP contribution in [0.1, 0.15) is 16.7 Å². The predicted molar refractivity (Wildman–Crippen MR) is 81.5 cm³/mol. The lowest BCUT2D eigenvalue weighted by molar-refractivity contribution is -0.152. The van der Waals surface area contributed by atoms with E-state index < -0.39 is 11.8 Å². The number of carbonyl (C=O) groups excluding carboxylic acids is 2. The summed E-state index contributed by atoms with van der Waals surface area (Å²) >= 11 is 0. The number of aryl methyl sites for hydroxylation is 1. The van der Waals surface area contributed by atoms with E-state index in [1.54, 1.807) is 6.08 Å². The van der Waals surface area contributed by atoms with Gasteiger partial charge in [-0.1, -0.05) is 66.2 Å². The van der Waals surface area contributed by atoms with Crippen LogP contribution in [0.25, 0.3) is 6.08 Å². The number of hydrogen-bond acceptors (Lipinski definition) is 3. The molecule has 21 heavy (non-hydrogen) atoms. The molecule has 0 aliphatic rings. The molecular formula is C18H16O3. The number of hydrogen-bond donors (Lipinski definition) is 0. The Morgan fingerprint density at radius 1 is 1.00 bits per heavy atom. The fourth-order valence-corrected chi connectivity index (χ4v) is 1.71. The summed E-state index contributed by atoms with van der Waals surface area (Å²) in [5.41, 5.74) is 2.85. The molecule has 2 rings (SSSR count). The van der Waals surface area contributed by atoms with E-state index in [9.17, 15) is 9.59 Å². The molecule has 0 atom stereocenters. The number of rotatable bonds is 5. The Hall–Kier alpha value is -2.68. The second-order valence-electron chi connectivity index (χ2n) is 4.67. The smallest absolute Gasteiger partial charge is 0.379 e. The van der Waals surface area contributed by atoms with Gasteiger partial charge in [0.2, 0.25) is 0 Å². The van der Waals surface area contributed by atoms with Gasteiger partial charge in [-0.25, -0.2) is 4.79 Å². The highest BCUT2D eigenvalue weighted by Gasteiger charge is 2.11. The molecule has 106 valence electrons. The molecule has 0 heterocycles. The van der Waals surface area contributed by atoms with Gasteiger partial charge in [0.25, 0.3) is 5.78 Å². The van der Waals surface area contributed by atoms with Crippen LogP contribution < -0.4 is 0 Å². The standard InChI is InChI=1S/C18H16O3/c1-14-7-9-15(10-8-14)11-12-17(19)18(20)21-13-16-5-3-2-4-6-16/h2-12H,13H2,1H3/b12-11+. The van der Waals surface area contributed by atoms with Gasteiger partial charge in [0.05, 0.1) is 0 Å². The van der Waals surface area contributed by atoms with Crippen molar-refractivity contribution in [1.29, 1.82) is 0 Å². The van der Waals surface area contributed by atoms with Crippen molar-refractivity contribution in [3.05, 3.63) is 77.4 Å². The predicted octanol–water partition coefficient (Wildman–Crippen LogP) is 3.32. The van der Waals surface area contributed by atoms with Gasteiger partial charge in [-0.3, -0.25) is 4.79 Å². The van der Waals surface area contributed by atoms with E-state index in [1.165, 1.54) is 6.08 Å². The van der Waals surface area contributed by atoms with Gasteiger partial charge in [0.15, 0.2) is 0 Å². The summed E-state index contributed by atoms with van der Waals surface area (Å²) in [6, 6.07) is 16.9. The number of benzene rings is 2.